The number of thioether (sulfide) groups is 1. The number of aryl methyl sites for hydroxylation is 1. The van der Waals surface area contributed by atoms with Crippen LogP contribution in [0.3, 0.4) is 0 Å². The summed E-state index contributed by atoms with van der Waals surface area (Å²) >= 11 is 3.13. The molecule has 0 saturated carbocycles. The number of amides is 2. The van der Waals surface area contributed by atoms with E-state index in [1.165, 1.54) is 4.90 Å². The van der Waals surface area contributed by atoms with Gasteiger partial charge in [0.2, 0.25) is 0 Å². The summed E-state index contributed by atoms with van der Waals surface area (Å²) in [5, 5.41) is -0.295. The molecule has 6 nitrogen and oxygen atoms in total. The van der Waals surface area contributed by atoms with Crippen molar-refractivity contribution < 1.29 is 23.8 Å². The summed E-state index contributed by atoms with van der Waals surface area (Å²) in [5.41, 5.74) is 1.87. The van der Waals surface area contributed by atoms with Crippen LogP contribution in [0.4, 0.5) is 4.79 Å². The summed E-state index contributed by atoms with van der Waals surface area (Å²) in [5.74, 6) is 1.74. The third kappa shape index (κ3) is 6.19. The summed E-state index contributed by atoms with van der Waals surface area (Å²) in [6.45, 7) is 7.47. The van der Waals surface area contributed by atoms with E-state index in [4.69, 9.17) is 14.2 Å². The topological polar surface area (TPSA) is 65.1 Å². The average Bonchev–Trinajstić information content (AvgIpc) is 3.01. The molecule has 0 aromatic heterocycles. The fourth-order valence-electron chi connectivity index (χ4n) is 3.08. The highest BCUT2D eigenvalue weighted by Gasteiger charge is 2.34. The SMILES string of the molecule is CCCOc1c(I)cc(/C=C2\SC(=O)N(CCOc3cccc(C)c3)C2=O)cc1OCC. The number of hydrogen-bond acceptors (Lipinski definition) is 6. The molecule has 1 aliphatic heterocycles. The summed E-state index contributed by atoms with van der Waals surface area (Å²) < 4.78 is 18.2. The van der Waals surface area contributed by atoms with Gasteiger partial charge < -0.3 is 14.2 Å². The molecule has 1 aliphatic rings. The predicted molar refractivity (Wildman–Crippen MR) is 135 cm³/mol. The molecule has 0 N–H and O–H groups in total. The van der Waals surface area contributed by atoms with Gasteiger partial charge >= 0.3 is 0 Å². The fraction of sp³-hybridized carbons (Fsp3) is 0.333. The van der Waals surface area contributed by atoms with E-state index in [0.717, 1.165) is 38.6 Å². The lowest BCUT2D eigenvalue weighted by molar-refractivity contribution is -0.123. The maximum absolute atomic E-state index is 12.8. The molecule has 0 atom stereocenters. The molecule has 32 heavy (non-hydrogen) atoms. The van der Waals surface area contributed by atoms with Crippen molar-refractivity contribution in [3.8, 4) is 17.2 Å². The lowest BCUT2D eigenvalue weighted by Crippen LogP contribution is -2.32. The van der Waals surface area contributed by atoms with Crippen molar-refractivity contribution in [2.75, 3.05) is 26.4 Å². The van der Waals surface area contributed by atoms with Crippen LogP contribution in [0.1, 0.15) is 31.4 Å². The molecule has 3 rings (SSSR count). The van der Waals surface area contributed by atoms with E-state index in [1.54, 1.807) is 6.08 Å². The number of nitrogens with zero attached hydrogens (tertiary/aromatic N) is 1. The number of carbonyl (C=O) groups is 2. The molecular formula is C24H26INO5S. The lowest BCUT2D eigenvalue weighted by atomic mass is 10.2. The third-order valence-corrected chi connectivity index (χ3v) is 6.24. The smallest absolute Gasteiger partial charge is 0.293 e. The van der Waals surface area contributed by atoms with Crippen LogP contribution in [0.5, 0.6) is 17.2 Å². The minimum Gasteiger partial charge on any atom is -0.492 e. The van der Waals surface area contributed by atoms with Gasteiger partial charge in [0.25, 0.3) is 11.1 Å². The fourth-order valence-corrected chi connectivity index (χ4v) is 4.73. The number of hydrogen-bond donors (Lipinski definition) is 0. The zero-order valence-electron chi connectivity index (χ0n) is 18.4. The zero-order valence-corrected chi connectivity index (χ0v) is 21.3. The standard InChI is InChI=1S/C24H26INO5S/c1-4-10-31-22-19(25)13-17(14-20(22)29-5-2)15-21-23(27)26(24(28)32-21)9-11-30-18-8-6-7-16(3)12-18/h6-8,12-15H,4-5,9-11H2,1-3H3/b21-15-. The maximum atomic E-state index is 12.8. The Labute approximate surface area is 206 Å². The van der Waals surface area contributed by atoms with Gasteiger partial charge in [0.05, 0.1) is 28.2 Å². The van der Waals surface area contributed by atoms with E-state index >= 15 is 0 Å². The van der Waals surface area contributed by atoms with Crippen LogP contribution in [0.2, 0.25) is 0 Å². The van der Waals surface area contributed by atoms with Crippen molar-refractivity contribution in [2.24, 2.45) is 0 Å². The van der Waals surface area contributed by atoms with E-state index in [2.05, 4.69) is 22.6 Å². The van der Waals surface area contributed by atoms with Gasteiger partial charge in [0.15, 0.2) is 11.5 Å². The van der Waals surface area contributed by atoms with E-state index in [9.17, 15) is 9.59 Å². The van der Waals surface area contributed by atoms with E-state index < -0.39 is 0 Å². The Bertz CT molecular complexity index is 1020. The van der Waals surface area contributed by atoms with Crippen molar-refractivity contribution >= 4 is 51.6 Å². The third-order valence-electron chi connectivity index (χ3n) is 4.53. The van der Waals surface area contributed by atoms with Crippen LogP contribution in [0.15, 0.2) is 41.3 Å². The molecule has 8 heteroatoms. The van der Waals surface area contributed by atoms with Gasteiger partial charge in [0, 0.05) is 0 Å². The van der Waals surface area contributed by atoms with E-state index in [1.807, 2.05) is 57.2 Å². The predicted octanol–water partition coefficient (Wildman–Crippen LogP) is 5.90. The molecule has 2 amide bonds. The monoisotopic (exact) mass is 567 g/mol. The van der Waals surface area contributed by atoms with E-state index in [-0.39, 0.29) is 24.3 Å². The summed E-state index contributed by atoms with van der Waals surface area (Å²) in [7, 11) is 0. The molecule has 1 heterocycles. The Morgan fingerprint density at radius 2 is 1.88 bits per heavy atom. The Balaban J connectivity index is 1.72. The number of halogens is 1. The Morgan fingerprint density at radius 1 is 1.06 bits per heavy atom. The lowest BCUT2D eigenvalue weighted by Gasteiger charge is -2.14. The Morgan fingerprint density at radius 3 is 2.59 bits per heavy atom. The van der Waals surface area contributed by atoms with Gasteiger partial charge in [-0.2, -0.15) is 0 Å². The van der Waals surface area contributed by atoms with Gasteiger partial charge in [-0.1, -0.05) is 19.1 Å². The maximum Gasteiger partial charge on any atom is 0.293 e. The minimum absolute atomic E-state index is 0.196. The molecule has 0 unspecified atom stereocenters. The van der Waals surface area contributed by atoms with Crippen LogP contribution >= 0.6 is 34.4 Å². The summed E-state index contributed by atoms with van der Waals surface area (Å²) in [6.07, 6.45) is 2.62. The minimum atomic E-state index is -0.313. The molecule has 2 aromatic carbocycles. The molecule has 1 saturated heterocycles. The average molecular weight is 567 g/mol. The Hall–Kier alpha value is -2.20. The van der Waals surface area contributed by atoms with Crippen molar-refractivity contribution in [3.05, 3.63) is 56.0 Å². The highest BCUT2D eigenvalue weighted by molar-refractivity contribution is 14.1. The second-order valence-corrected chi connectivity index (χ2v) is 9.27. The van der Waals surface area contributed by atoms with Gasteiger partial charge in [0.1, 0.15) is 12.4 Å². The molecule has 0 radical (unpaired) electrons. The summed E-state index contributed by atoms with van der Waals surface area (Å²) in [6, 6.07) is 11.4. The van der Waals surface area contributed by atoms with Crippen LogP contribution in [-0.4, -0.2) is 42.4 Å². The van der Waals surface area contributed by atoms with Crippen molar-refractivity contribution in [1.82, 2.24) is 4.90 Å². The van der Waals surface area contributed by atoms with E-state index in [0.29, 0.717) is 29.6 Å². The highest BCUT2D eigenvalue weighted by atomic mass is 127. The second-order valence-electron chi connectivity index (χ2n) is 7.11. The van der Waals surface area contributed by atoms with Crippen molar-refractivity contribution in [2.45, 2.75) is 27.2 Å². The number of rotatable bonds is 10. The molecule has 1 fully saturated rings. The molecule has 170 valence electrons. The van der Waals surface area contributed by atoms with Crippen LogP contribution < -0.4 is 14.2 Å². The molecular weight excluding hydrogens is 541 g/mol. The number of ether oxygens (including phenoxy) is 3. The molecule has 0 spiro atoms. The van der Waals surface area contributed by atoms with Gasteiger partial charge in [-0.15, -0.1) is 0 Å². The van der Waals surface area contributed by atoms with Crippen LogP contribution in [-0.2, 0) is 4.79 Å². The first-order chi connectivity index (χ1) is 15.4. The van der Waals surface area contributed by atoms with Crippen LogP contribution in [0, 0.1) is 10.5 Å². The van der Waals surface area contributed by atoms with Crippen molar-refractivity contribution in [3.63, 3.8) is 0 Å². The molecule has 2 aromatic rings. The van der Waals surface area contributed by atoms with Gasteiger partial charge in [-0.3, -0.25) is 14.5 Å². The van der Waals surface area contributed by atoms with Crippen LogP contribution in [0.25, 0.3) is 6.08 Å². The quantitative estimate of drug-likeness (QED) is 0.263. The first kappa shape index (κ1) is 24.4. The molecule has 0 bridgehead atoms. The molecule has 0 aliphatic carbocycles. The first-order valence-electron chi connectivity index (χ1n) is 10.5. The normalized spacial score (nSPS) is 14.9. The second kappa shape index (κ2) is 11.6. The largest absolute Gasteiger partial charge is 0.492 e. The van der Waals surface area contributed by atoms with Gasteiger partial charge in [-0.05, 0) is 96.1 Å². The van der Waals surface area contributed by atoms with Gasteiger partial charge in [-0.25, -0.2) is 0 Å². The number of benzene rings is 2. The Kier molecular flexibility index (Phi) is 8.86. The number of carbonyl (C=O) groups excluding carboxylic acids is 2. The highest BCUT2D eigenvalue weighted by Crippen LogP contribution is 2.37. The van der Waals surface area contributed by atoms with Crippen molar-refractivity contribution in [1.29, 1.82) is 0 Å². The number of imide groups is 1. The summed E-state index contributed by atoms with van der Waals surface area (Å²) in [4.78, 5) is 26.8. The first-order valence-corrected chi connectivity index (χ1v) is 12.4. The zero-order chi connectivity index (χ0) is 23.1.